The number of nitrogens with zero attached hydrogens (tertiary/aromatic N) is 2. The molecule has 0 N–H and O–H groups in total. The summed E-state index contributed by atoms with van der Waals surface area (Å²) in [7, 11) is 1.87. The molecule has 5 rings (SSSR count). The number of hydroxylamine groups is 2. The van der Waals surface area contributed by atoms with Crippen molar-refractivity contribution in [3.05, 3.63) is 52.9 Å². The summed E-state index contributed by atoms with van der Waals surface area (Å²) < 4.78 is 5.23. The lowest BCUT2D eigenvalue weighted by Gasteiger charge is -2.59. The molecule has 0 radical (unpaired) electrons. The average Bonchev–Trinajstić information content (AvgIpc) is 3.59. The lowest BCUT2D eigenvalue weighted by Crippen LogP contribution is -2.63. The van der Waals surface area contributed by atoms with E-state index in [4.69, 9.17) is 9.25 Å². The summed E-state index contributed by atoms with van der Waals surface area (Å²) in [6.45, 7) is 10.9. The molecule has 3 fully saturated rings. The van der Waals surface area contributed by atoms with Crippen molar-refractivity contribution >= 4 is 23.3 Å². The zero-order valence-corrected chi connectivity index (χ0v) is 26.2. The van der Waals surface area contributed by atoms with E-state index in [2.05, 4.69) is 38.8 Å². The van der Waals surface area contributed by atoms with Gasteiger partial charge in [-0.3, -0.25) is 14.4 Å². The standard InChI is InChI=1S/C29H38N2O5S.C2H6.C2H2/c1-5-37-18-25(33)29(36-31(4)16-19-10-13-35-17-19)12-9-23-22-7-6-20-14-21(32)8-11-27(20,2)26(22)24(30-34)15-28(23,29)3;2*1-2/h8,10-11,13-14,17,22-24,26H,5-7,9,12,15-16,18H2,1-4H3;1-2H3;1-2H/t22?,23-,24?,26?,27?,28?,29-;;/m0../s1. The number of rotatable bonds is 9. The number of Topliss-reactive ketones (excluding diaryl/α,β-unsaturated/α-hetero) is 1. The summed E-state index contributed by atoms with van der Waals surface area (Å²) in [4.78, 5) is 45.4. The second-order valence-corrected chi connectivity index (χ2v) is 13.0. The van der Waals surface area contributed by atoms with Gasteiger partial charge in [0.25, 0.3) is 0 Å². The summed E-state index contributed by atoms with van der Waals surface area (Å²) >= 11 is 1.62. The summed E-state index contributed by atoms with van der Waals surface area (Å²) in [6.07, 6.45) is 20.5. The molecule has 1 aromatic rings. The van der Waals surface area contributed by atoms with Crippen LogP contribution in [0.15, 0.2) is 52.0 Å². The average molecular weight is 583 g/mol. The monoisotopic (exact) mass is 582 g/mol. The number of carbonyl (C=O) groups excluding carboxylic acids is 2. The Morgan fingerprint density at radius 3 is 2.63 bits per heavy atom. The van der Waals surface area contributed by atoms with Crippen LogP contribution in [0.3, 0.4) is 0 Å². The number of carbonyl (C=O) groups is 2. The molecule has 4 aliphatic rings. The number of ketones is 2. The molecular formula is C33H46N2O5S. The maximum absolute atomic E-state index is 14.0. The molecule has 0 aliphatic heterocycles. The first-order valence-corrected chi connectivity index (χ1v) is 16.0. The Kier molecular flexibility index (Phi) is 11.0. The predicted molar refractivity (Wildman–Crippen MR) is 165 cm³/mol. The number of hydrogen-bond donors (Lipinski definition) is 0. The Bertz CT molecular complexity index is 1160. The Morgan fingerprint density at radius 1 is 1.27 bits per heavy atom. The van der Waals surface area contributed by atoms with E-state index in [0.717, 1.165) is 36.2 Å². The minimum absolute atomic E-state index is 0.0204. The molecule has 0 bridgehead atoms. The highest BCUT2D eigenvalue weighted by atomic mass is 32.2. The molecule has 224 valence electrons. The van der Waals surface area contributed by atoms with Gasteiger partial charge in [0.05, 0.1) is 30.9 Å². The molecule has 0 aromatic carbocycles. The minimum Gasteiger partial charge on any atom is -0.472 e. The van der Waals surface area contributed by atoms with Crippen LogP contribution in [0.5, 0.6) is 0 Å². The normalized spacial score (nSPS) is 35.0. The third-order valence-corrected chi connectivity index (χ3v) is 10.8. The van der Waals surface area contributed by atoms with Gasteiger partial charge < -0.3 is 4.42 Å². The fourth-order valence-corrected chi connectivity index (χ4v) is 8.95. The number of nitroso groups, excluding NO2 is 1. The molecule has 7 atom stereocenters. The Balaban J connectivity index is 0.00000111. The largest absolute Gasteiger partial charge is 0.472 e. The quantitative estimate of drug-likeness (QED) is 0.175. The smallest absolute Gasteiger partial charge is 0.178 e. The topological polar surface area (TPSA) is 89.2 Å². The van der Waals surface area contributed by atoms with Gasteiger partial charge in [-0.1, -0.05) is 51.4 Å². The Labute approximate surface area is 249 Å². The van der Waals surface area contributed by atoms with E-state index in [1.165, 1.54) is 0 Å². The first-order chi connectivity index (χ1) is 19.7. The number of fused-ring (bicyclic) bond motifs is 5. The number of thioether (sulfide) groups is 1. The van der Waals surface area contributed by atoms with E-state index in [-0.39, 0.29) is 34.7 Å². The van der Waals surface area contributed by atoms with Crippen LogP contribution in [-0.4, -0.2) is 46.8 Å². The first kappa shape index (κ1) is 33.0. The third-order valence-electron chi connectivity index (χ3n) is 9.94. The van der Waals surface area contributed by atoms with E-state index in [0.29, 0.717) is 25.1 Å². The van der Waals surface area contributed by atoms with E-state index in [9.17, 15) is 14.5 Å². The van der Waals surface area contributed by atoms with Crippen LogP contribution in [-0.2, 0) is 21.0 Å². The molecule has 8 heteroatoms. The van der Waals surface area contributed by atoms with E-state index in [1.807, 2.05) is 33.0 Å². The van der Waals surface area contributed by atoms with Crippen molar-refractivity contribution < 1.29 is 18.8 Å². The van der Waals surface area contributed by atoms with Crippen LogP contribution in [0.2, 0.25) is 0 Å². The van der Waals surface area contributed by atoms with E-state index >= 15 is 0 Å². The molecule has 0 saturated heterocycles. The molecule has 0 amide bonds. The number of furan rings is 1. The summed E-state index contributed by atoms with van der Waals surface area (Å²) in [5.74, 6) is 1.87. The van der Waals surface area contributed by atoms with Gasteiger partial charge >= 0.3 is 0 Å². The molecule has 3 saturated carbocycles. The van der Waals surface area contributed by atoms with Crippen molar-refractivity contribution in [3.8, 4) is 12.8 Å². The number of allylic oxidation sites excluding steroid dienone is 4. The molecule has 1 heterocycles. The van der Waals surface area contributed by atoms with Gasteiger partial charge in [-0.15, -0.1) is 12.8 Å². The van der Waals surface area contributed by atoms with Crippen molar-refractivity contribution in [2.45, 2.75) is 84.9 Å². The van der Waals surface area contributed by atoms with Crippen molar-refractivity contribution in [3.63, 3.8) is 0 Å². The molecule has 0 spiro atoms. The highest BCUT2D eigenvalue weighted by molar-refractivity contribution is 7.99. The van der Waals surface area contributed by atoms with Crippen molar-refractivity contribution in [2.75, 3.05) is 18.6 Å². The van der Waals surface area contributed by atoms with Gasteiger partial charge in [-0.2, -0.15) is 21.7 Å². The van der Waals surface area contributed by atoms with Crippen molar-refractivity contribution in [1.29, 1.82) is 0 Å². The fourth-order valence-electron chi connectivity index (χ4n) is 8.32. The molecule has 41 heavy (non-hydrogen) atoms. The van der Waals surface area contributed by atoms with Crippen LogP contribution < -0.4 is 0 Å². The van der Waals surface area contributed by atoms with Gasteiger partial charge in [0.1, 0.15) is 0 Å². The van der Waals surface area contributed by atoms with Gasteiger partial charge in [0.15, 0.2) is 17.2 Å². The maximum Gasteiger partial charge on any atom is 0.178 e. The van der Waals surface area contributed by atoms with Crippen molar-refractivity contribution in [2.24, 2.45) is 33.8 Å². The third kappa shape index (κ3) is 5.78. The maximum atomic E-state index is 14.0. The number of terminal acetylenes is 1. The SMILES string of the molecule is C#C.CC.CCSCC(=O)[C@@]1(ON(C)Cc2ccoc2)CC[C@H]2C3CCC4=CC(=O)C=CC4(C)C3C(N=O)CC21C. The fraction of sp³-hybridized carbons (Fsp3) is 0.636. The molecule has 7 nitrogen and oxygen atoms in total. The van der Waals surface area contributed by atoms with Crippen LogP contribution >= 0.6 is 11.8 Å². The summed E-state index contributed by atoms with van der Waals surface area (Å²) in [6, 6.07) is 1.44. The van der Waals surface area contributed by atoms with Gasteiger partial charge in [0.2, 0.25) is 0 Å². The summed E-state index contributed by atoms with van der Waals surface area (Å²) in [5, 5.41) is 5.49. The second-order valence-electron chi connectivity index (χ2n) is 11.8. The lowest BCUT2D eigenvalue weighted by molar-refractivity contribution is -0.271. The Morgan fingerprint density at radius 2 is 2.00 bits per heavy atom. The highest BCUT2D eigenvalue weighted by Gasteiger charge is 2.70. The van der Waals surface area contributed by atoms with Gasteiger partial charge in [-0.25, -0.2) is 0 Å². The lowest BCUT2D eigenvalue weighted by atomic mass is 9.45. The zero-order chi connectivity index (χ0) is 30.4. The number of hydrogen-bond acceptors (Lipinski definition) is 8. The van der Waals surface area contributed by atoms with E-state index in [1.54, 1.807) is 41.5 Å². The first-order valence-electron chi connectivity index (χ1n) is 14.8. The minimum atomic E-state index is -1.01. The van der Waals surface area contributed by atoms with E-state index < -0.39 is 17.1 Å². The summed E-state index contributed by atoms with van der Waals surface area (Å²) in [5.41, 5.74) is 0.204. The molecule has 5 unspecified atom stereocenters. The Hall–Kier alpha value is -2.47. The van der Waals surface area contributed by atoms with Crippen LogP contribution in [0.1, 0.15) is 72.3 Å². The predicted octanol–water partition coefficient (Wildman–Crippen LogP) is 7.03. The molecule has 1 aromatic heterocycles. The van der Waals surface area contributed by atoms with Crippen molar-refractivity contribution in [1.82, 2.24) is 5.06 Å². The van der Waals surface area contributed by atoms with Gasteiger partial charge in [-0.05, 0) is 67.9 Å². The highest BCUT2D eigenvalue weighted by Crippen LogP contribution is 2.68. The van der Waals surface area contributed by atoms with Gasteiger partial charge in [0, 0.05) is 29.4 Å². The molecular weight excluding hydrogens is 536 g/mol. The molecule has 4 aliphatic carbocycles. The van der Waals surface area contributed by atoms with Crippen LogP contribution in [0.4, 0.5) is 0 Å². The van der Waals surface area contributed by atoms with Crippen LogP contribution in [0.25, 0.3) is 0 Å². The second kappa shape index (κ2) is 13.7. The van der Waals surface area contributed by atoms with Crippen LogP contribution in [0, 0.1) is 46.3 Å². The zero-order valence-electron chi connectivity index (χ0n) is 25.4.